The molecule has 0 saturated carbocycles. The highest BCUT2D eigenvalue weighted by Gasteiger charge is 2.93. The normalized spacial score (nSPS) is 15.0. The fourth-order valence-corrected chi connectivity index (χ4v) is 2.23. The Kier molecular flexibility index (Phi) is 9.48. The van der Waals surface area contributed by atoms with Crippen molar-refractivity contribution in [1.82, 2.24) is 0 Å². The van der Waals surface area contributed by atoms with Crippen LogP contribution >= 0.6 is 0 Å². The fourth-order valence-electron chi connectivity index (χ4n) is 2.23. The Morgan fingerprint density at radius 2 is 0.970 bits per heavy atom. The average Bonchev–Trinajstić information content (AvgIpc) is 2.62. The molecule has 198 valence electrons. The number of unbranched alkanes of at least 4 members (excludes halogenated alkanes) is 4. The van der Waals surface area contributed by atoms with E-state index in [1.807, 2.05) is 6.92 Å². The molecule has 0 heterocycles. The van der Waals surface area contributed by atoms with Crippen LogP contribution in [0.2, 0.25) is 0 Å². The summed E-state index contributed by atoms with van der Waals surface area (Å²) < 4.78 is 199. The Balaban J connectivity index is 5.75. The summed E-state index contributed by atoms with van der Waals surface area (Å²) in [5.41, 5.74) is 0. The van der Waals surface area contributed by atoms with Crippen LogP contribution in [0.3, 0.4) is 0 Å². The largest absolute Gasteiger partial charge is 0.466 e. The second-order valence-electron chi connectivity index (χ2n) is 6.89. The summed E-state index contributed by atoms with van der Waals surface area (Å²) in [7, 11) is 0. The third kappa shape index (κ3) is 5.74. The van der Waals surface area contributed by atoms with Crippen molar-refractivity contribution in [3.63, 3.8) is 0 Å². The molecule has 0 amide bonds. The molecular formula is C16H17F15O2. The molecule has 0 rings (SSSR count). The SMILES string of the molecule is CCCCCCCOC(=O)CC(F)(F)C(F)(F)C(F)(F)C(F)(F)C(F)(F)C(F)(F)C(F)(F)F. The second-order valence-corrected chi connectivity index (χ2v) is 6.89. The maximum Gasteiger partial charge on any atom is 0.460 e. The monoisotopic (exact) mass is 526 g/mol. The molecule has 0 fully saturated rings. The van der Waals surface area contributed by atoms with E-state index < -0.39 is 60.7 Å². The summed E-state index contributed by atoms with van der Waals surface area (Å²) >= 11 is 0. The number of carbonyl (C=O) groups excluding carboxylic acids is 1. The smallest absolute Gasteiger partial charge is 0.460 e. The van der Waals surface area contributed by atoms with E-state index in [-0.39, 0.29) is 6.42 Å². The number of hydrogen-bond donors (Lipinski definition) is 0. The van der Waals surface area contributed by atoms with Crippen LogP contribution in [0.4, 0.5) is 65.9 Å². The molecule has 0 aliphatic heterocycles. The number of carbonyl (C=O) groups is 1. The van der Waals surface area contributed by atoms with Crippen LogP contribution < -0.4 is 0 Å². The molecule has 0 aliphatic carbocycles. The molecule has 33 heavy (non-hydrogen) atoms. The molecule has 2 nitrogen and oxygen atoms in total. The van der Waals surface area contributed by atoms with E-state index in [1.54, 1.807) is 0 Å². The standard InChI is InChI=1S/C16H17F15O2/c1-2-3-4-5-6-7-33-9(32)8-10(17,18)11(19,20)12(21,22)13(23,24)14(25,26)15(27,28)16(29,30)31/h2-8H2,1H3. The number of ether oxygens (including phenoxy) is 1. The summed E-state index contributed by atoms with van der Waals surface area (Å²) in [6.45, 7) is 1.11. The fraction of sp³-hybridized carbons (Fsp3) is 0.938. The van der Waals surface area contributed by atoms with Crippen LogP contribution in [0.25, 0.3) is 0 Å². The topological polar surface area (TPSA) is 26.3 Å². The number of alkyl halides is 15. The zero-order valence-electron chi connectivity index (χ0n) is 16.4. The molecule has 0 atom stereocenters. The summed E-state index contributed by atoms with van der Waals surface area (Å²) in [6, 6.07) is 0. The summed E-state index contributed by atoms with van der Waals surface area (Å²) in [6.07, 6.45) is -8.38. The van der Waals surface area contributed by atoms with Gasteiger partial charge in [-0.2, -0.15) is 65.9 Å². The third-order valence-corrected chi connectivity index (χ3v) is 4.27. The number of esters is 1. The molecule has 0 bridgehead atoms. The van der Waals surface area contributed by atoms with Crippen LogP contribution in [0.5, 0.6) is 0 Å². The van der Waals surface area contributed by atoms with Gasteiger partial charge >= 0.3 is 47.7 Å². The van der Waals surface area contributed by atoms with E-state index in [0.29, 0.717) is 19.3 Å². The first-order chi connectivity index (χ1) is 14.5. The van der Waals surface area contributed by atoms with Gasteiger partial charge in [0, 0.05) is 0 Å². The molecule has 0 spiro atoms. The predicted molar refractivity (Wildman–Crippen MR) is 80.1 cm³/mol. The van der Waals surface area contributed by atoms with Crippen molar-refractivity contribution >= 4 is 5.97 Å². The molecular weight excluding hydrogens is 509 g/mol. The van der Waals surface area contributed by atoms with Gasteiger partial charge in [0.15, 0.2) is 0 Å². The Hall–Kier alpha value is -1.58. The lowest BCUT2D eigenvalue weighted by atomic mass is 9.90. The number of rotatable bonds is 13. The molecule has 0 unspecified atom stereocenters. The predicted octanol–water partition coefficient (Wildman–Crippen LogP) is 7.26. The minimum atomic E-state index is -8.37. The van der Waals surface area contributed by atoms with Crippen molar-refractivity contribution < 1.29 is 75.4 Å². The first kappa shape index (κ1) is 31.4. The van der Waals surface area contributed by atoms with Gasteiger partial charge in [-0.1, -0.05) is 32.6 Å². The summed E-state index contributed by atoms with van der Waals surface area (Å²) in [5.74, 6) is -49.6. The highest BCUT2D eigenvalue weighted by molar-refractivity contribution is 5.70. The maximum absolute atomic E-state index is 13.6. The zero-order chi connectivity index (χ0) is 26.7. The van der Waals surface area contributed by atoms with E-state index in [4.69, 9.17) is 0 Å². The van der Waals surface area contributed by atoms with Crippen LogP contribution in [0.1, 0.15) is 45.4 Å². The Morgan fingerprint density at radius 1 is 0.576 bits per heavy atom. The van der Waals surface area contributed by atoms with Crippen molar-refractivity contribution in [2.45, 2.75) is 87.2 Å². The highest BCUT2D eigenvalue weighted by Crippen LogP contribution is 2.62. The van der Waals surface area contributed by atoms with Gasteiger partial charge in [-0.3, -0.25) is 4.79 Å². The maximum atomic E-state index is 13.6. The van der Waals surface area contributed by atoms with Gasteiger partial charge < -0.3 is 4.74 Å². The zero-order valence-corrected chi connectivity index (χ0v) is 16.4. The van der Waals surface area contributed by atoms with Crippen LogP contribution in [0.15, 0.2) is 0 Å². The average molecular weight is 526 g/mol. The third-order valence-electron chi connectivity index (χ3n) is 4.27. The molecule has 0 aromatic heterocycles. The van der Waals surface area contributed by atoms with Crippen molar-refractivity contribution in [3.8, 4) is 0 Å². The van der Waals surface area contributed by atoms with E-state index in [9.17, 15) is 70.7 Å². The summed E-state index contributed by atoms with van der Waals surface area (Å²) in [4.78, 5) is 11.2. The Labute approximate surface area is 176 Å². The number of hydrogen-bond acceptors (Lipinski definition) is 2. The van der Waals surface area contributed by atoms with Gasteiger partial charge in [-0.15, -0.1) is 0 Å². The van der Waals surface area contributed by atoms with Crippen molar-refractivity contribution in [2.75, 3.05) is 6.61 Å². The molecule has 0 aliphatic rings. The number of halogens is 15. The Bertz CT molecular complexity index is 655. The lowest BCUT2D eigenvalue weighted by Crippen LogP contribution is -2.72. The lowest BCUT2D eigenvalue weighted by Gasteiger charge is -2.41. The first-order valence-electron chi connectivity index (χ1n) is 8.95. The molecule has 0 aromatic carbocycles. The molecule has 0 N–H and O–H groups in total. The molecule has 0 saturated heterocycles. The first-order valence-corrected chi connectivity index (χ1v) is 8.95. The lowest BCUT2D eigenvalue weighted by molar-refractivity contribution is -0.452. The quantitative estimate of drug-likeness (QED) is 0.144. The van der Waals surface area contributed by atoms with Gasteiger partial charge in [0.2, 0.25) is 0 Å². The van der Waals surface area contributed by atoms with Crippen LogP contribution in [-0.2, 0) is 9.53 Å². The van der Waals surface area contributed by atoms with E-state index >= 15 is 0 Å². The second kappa shape index (κ2) is 9.96. The van der Waals surface area contributed by atoms with Gasteiger partial charge in [0.25, 0.3) is 0 Å². The van der Waals surface area contributed by atoms with E-state index in [2.05, 4.69) is 4.74 Å². The molecule has 0 radical (unpaired) electrons. The molecule has 0 aromatic rings. The summed E-state index contributed by atoms with van der Waals surface area (Å²) in [5, 5.41) is 0. The highest BCUT2D eigenvalue weighted by atomic mass is 19.4. The van der Waals surface area contributed by atoms with Crippen LogP contribution in [-0.4, -0.2) is 54.3 Å². The Morgan fingerprint density at radius 3 is 1.39 bits per heavy atom. The van der Waals surface area contributed by atoms with Crippen molar-refractivity contribution in [2.24, 2.45) is 0 Å². The molecule has 17 heteroatoms. The van der Waals surface area contributed by atoms with E-state index in [0.717, 1.165) is 6.42 Å². The van der Waals surface area contributed by atoms with Gasteiger partial charge in [-0.05, 0) is 6.42 Å². The minimum absolute atomic E-state index is 0.0132. The van der Waals surface area contributed by atoms with Crippen molar-refractivity contribution in [1.29, 1.82) is 0 Å². The van der Waals surface area contributed by atoms with Crippen molar-refractivity contribution in [3.05, 3.63) is 0 Å². The van der Waals surface area contributed by atoms with Gasteiger partial charge in [0.05, 0.1) is 6.61 Å². The van der Waals surface area contributed by atoms with Gasteiger partial charge in [0.1, 0.15) is 6.42 Å². The van der Waals surface area contributed by atoms with E-state index in [1.165, 1.54) is 0 Å². The van der Waals surface area contributed by atoms with Crippen LogP contribution in [0, 0.1) is 0 Å². The minimum Gasteiger partial charge on any atom is -0.466 e. The van der Waals surface area contributed by atoms with Gasteiger partial charge in [-0.25, -0.2) is 0 Å².